The van der Waals surface area contributed by atoms with Crippen molar-refractivity contribution in [3.8, 4) is 0 Å². The van der Waals surface area contributed by atoms with Gasteiger partial charge in [-0.25, -0.2) is 0 Å². The predicted octanol–water partition coefficient (Wildman–Crippen LogP) is 2.25. The van der Waals surface area contributed by atoms with E-state index in [1.165, 1.54) is 25.7 Å². The lowest BCUT2D eigenvalue weighted by atomic mass is 9.95. The summed E-state index contributed by atoms with van der Waals surface area (Å²) < 4.78 is 5.26. The van der Waals surface area contributed by atoms with Crippen LogP contribution in [0.2, 0.25) is 0 Å². The van der Waals surface area contributed by atoms with Gasteiger partial charge in [0.25, 0.3) is 0 Å². The molecular weight excluding hydrogens is 214 g/mol. The molecule has 0 aromatic rings. The number of nitrogens with zero attached hydrogens (tertiary/aromatic N) is 1. The van der Waals surface area contributed by atoms with E-state index in [0.29, 0.717) is 11.7 Å². The van der Waals surface area contributed by atoms with Crippen molar-refractivity contribution in [2.45, 2.75) is 51.0 Å². The van der Waals surface area contributed by atoms with Gasteiger partial charge in [0.2, 0.25) is 0 Å². The molecule has 2 unspecified atom stereocenters. The highest BCUT2D eigenvalue weighted by atomic mass is 16.5. The number of hydrogen-bond acceptors (Lipinski definition) is 3. The normalized spacial score (nSPS) is 32.4. The van der Waals surface area contributed by atoms with Crippen LogP contribution in [0.5, 0.6) is 0 Å². The molecule has 1 aliphatic heterocycles. The Labute approximate surface area is 105 Å². The maximum Gasteiger partial charge on any atom is 0.149 e. The van der Waals surface area contributed by atoms with Gasteiger partial charge >= 0.3 is 0 Å². The average molecular weight is 239 g/mol. The van der Waals surface area contributed by atoms with Crippen LogP contribution in [-0.2, 0) is 9.53 Å². The number of hydrogen-bond donors (Lipinski definition) is 0. The summed E-state index contributed by atoms with van der Waals surface area (Å²) in [5, 5.41) is 0. The van der Waals surface area contributed by atoms with Crippen molar-refractivity contribution < 1.29 is 9.53 Å². The van der Waals surface area contributed by atoms with Gasteiger partial charge in [-0.1, -0.05) is 12.8 Å². The zero-order valence-electron chi connectivity index (χ0n) is 11.0. The topological polar surface area (TPSA) is 29.5 Å². The molecule has 0 spiro atoms. The van der Waals surface area contributed by atoms with Crippen LogP contribution in [-0.4, -0.2) is 43.5 Å². The van der Waals surface area contributed by atoms with Gasteiger partial charge in [-0.15, -0.1) is 0 Å². The Morgan fingerprint density at radius 2 is 2.12 bits per heavy atom. The molecule has 2 aliphatic rings. The molecule has 3 nitrogen and oxygen atoms in total. The van der Waals surface area contributed by atoms with Crippen LogP contribution >= 0.6 is 0 Å². The summed E-state index contributed by atoms with van der Waals surface area (Å²) >= 11 is 0. The molecular formula is C14H25NO2. The van der Waals surface area contributed by atoms with Gasteiger partial charge in [-0.05, 0) is 38.1 Å². The van der Waals surface area contributed by atoms with E-state index in [0.717, 1.165) is 39.0 Å². The van der Waals surface area contributed by atoms with E-state index in [1.54, 1.807) is 7.11 Å². The predicted molar refractivity (Wildman–Crippen MR) is 68.1 cm³/mol. The Kier molecular flexibility index (Phi) is 4.99. The Morgan fingerprint density at radius 1 is 1.24 bits per heavy atom. The number of carbonyl (C=O) groups is 1. The third-order valence-corrected chi connectivity index (χ3v) is 4.17. The minimum absolute atomic E-state index is 0.220. The third-order valence-electron chi connectivity index (χ3n) is 4.17. The van der Waals surface area contributed by atoms with Gasteiger partial charge in [0, 0.05) is 20.1 Å². The monoisotopic (exact) mass is 239 g/mol. The van der Waals surface area contributed by atoms with Crippen LogP contribution in [0.15, 0.2) is 0 Å². The van der Waals surface area contributed by atoms with E-state index < -0.39 is 0 Å². The van der Waals surface area contributed by atoms with Crippen molar-refractivity contribution in [1.82, 2.24) is 4.90 Å². The maximum atomic E-state index is 12.1. The molecule has 1 saturated heterocycles. The molecule has 1 aliphatic carbocycles. The van der Waals surface area contributed by atoms with Gasteiger partial charge in [0.1, 0.15) is 5.78 Å². The molecule has 2 fully saturated rings. The summed E-state index contributed by atoms with van der Waals surface area (Å²) in [6, 6.07) is 0.220. The molecule has 17 heavy (non-hydrogen) atoms. The zero-order chi connectivity index (χ0) is 12.1. The largest absolute Gasteiger partial charge is 0.384 e. The first-order chi connectivity index (χ1) is 8.31. The Balaban J connectivity index is 1.92. The Morgan fingerprint density at radius 3 is 2.94 bits per heavy atom. The summed E-state index contributed by atoms with van der Waals surface area (Å²) in [7, 11) is 1.77. The third kappa shape index (κ3) is 3.52. The molecule has 0 aromatic heterocycles. The number of piperidine rings is 1. The quantitative estimate of drug-likeness (QED) is 0.707. The van der Waals surface area contributed by atoms with Gasteiger partial charge in [0.15, 0.2) is 0 Å². The van der Waals surface area contributed by atoms with Crippen LogP contribution in [0.25, 0.3) is 0 Å². The summed E-state index contributed by atoms with van der Waals surface area (Å²) in [6.07, 6.45) is 7.92. The van der Waals surface area contributed by atoms with E-state index in [-0.39, 0.29) is 6.04 Å². The summed E-state index contributed by atoms with van der Waals surface area (Å²) in [4.78, 5) is 14.5. The number of ketones is 1. The minimum atomic E-state index is 0.220. The first-order valence-electron chi connectivity index (χ1n) is 7.07. The van der Waals surface area contributed by atoms with Crippen LogP contribution in [0, 0.1) is 5.92 Å². The Bertz CT molecular complexity index is 253. The highest BCUT2D eigenvalue weighted by Gasteiger charge is 2.30. The van der Waals surface area contributed by atoms with Crippen LogP contribution in [0.4, 0.5) is 0 Å². The van der Waals surface area contributed by atoms with Crippen molar-refractivity contribution >= 4 is 5.78 Å². The molecule has 2 rings (SSSR count). The second-order valence-electron chi connectivity index (χ2n) is 5.54. The maximum absolute atomic E-state index is 12.1. The molecule has 1 heterocycles. The number of likely N-dealkylation sites (tertiary alicyclic amines) is 1. The molecule has 0 radical (unpaired) electrons. The van der Waals surface area contributed by atoms with Crippen LogP contribution < -0.4 is 0 Å². The number of methoxy groups -OCH3 is 1. The van der Waals surface area contributed by atoms with Crippen molar-refractivity contribution in [1.29, 1.82) is 0 Å². The number of carbonyl (C=O) groups excluding carboxylic acids is 1. The second kappa shape index (κ2) is 6.50. The highest BCUT2D eigenvalue weighted by Crippen LogP contribution is 2.24. The fourth-order valence-electron chi connectivity index (χ4n) is 3.28. The lowest BCUT2D eigenvalue weighted by Gasteiger charge is -2.37. The van der Waals surface area contributed by atoms with Gasteiger partial charge in [-0.3, -0.25) is 9.69 Å². The first-order valence-corrected chi connectivity index (χ1v) is 7.07. The highest BCUT2D eigenvalue weighted by molar-refractivity contribution is 5.84. The molecule has 98 valence electrons. The molecule has 0 N–H and O–H groups in total. The van der Waals surface area contributed by atoms with Crippen molar-refractivity contribution in [2.75, 3.05) is 26.8 Å². The molecule has 0 aromatic carbocycles. The number of rotatable bonds is 3. The van der Waals surface area contributed by atoms with E-state index >= 15 is 0 Å². The number of ether oxygens (including phenoxy) is 1. The molecule has 0 amide bonds. The minimum Gasteiger partial charge on any atom is -0.384 e. The SMILES string of the molecule is COCC1CCCN(C2CCCCCC2=O)C1. The molecule has 0 bridgehead atoms. The van der Waals surface area contributed by atoms with Gasteiger partial charge in [-0.2, -0.15) is 0 Å². The van der Waals surface area contributed by atoms with Crippen molar-refractivity contribution in [3.63, 3.8) is 0 Å². The number of Topliss-reactive ketones (excluding diaryl/α,β-unsaturated/α-hetero) is 1. The van der Waals surface area contributed by atoms with E-state index in [9.17, 15) is 4.79 Å². The van der Waals surface area contributed by atoms with Crippen LogP contribution in [0.1, 0.15) is 44.9 Å². The zero-order valence-corrected chi connectivity index (χ0v) is 11.0. The van der Waals surface area contributed by atoms with Crippen LogP contribution in [0.3, 0.4) is 0 Å². The average Bonchev–Trinajstić information content (AvgIpc) is 2.55. The van der Waals surface area contributed by atoms with Gasteiger partial charge < -0.3 is 4.74 Å². The fraction of sp³-hybridized carbons (Fsp3) is 0.929. The lowest BCUT2D eigenvalue weighted by Crippen LogP contribution is -2.47. The van der Waals surface area contributed by atoms with E-state index in [2.05, 4.69) is 4.90 Å². The van der Waals surface area contributed by atoms with E-state index in [1.807, 2.05) is 0 Å². The summed E-state index contributed by atoms with van der Waals surface area (Å²) in [6.45, 7) is 3.01. The molecule has 1 saturated carbocycles. The first kappa shape index (κ1) is 13.0. The standard InChI is InChI=1S/C14H25NO2/c1-17-11-12-6-5-9-15(10-12)13-7-3-2-4-8-14(13)16/h12-13H,2-11H2,1H3. The van der Waals surface area contributed by atoms with Crippen molar-refractivity contribution in [3.05, 3.63) is 0 Å². The summed E-state index contributed by atoms with van der Waals surface area (Å²) in [5.41, 5.74) is 0. The molecule has 2 atom stereocenters. The van der Waals surface area contributed by atoms with E-state index in [4.69, 9.17) is 4.74 Å². The van der Waals surface area contributed by atoms with Gasteiger partial charge in [0.05, 0.1) is 12.6 Å². The Hall–Kier alpha value is -0.410. The smallest absolute Gasteiger partial charge is 0.149 e. The molecule has 3 heteroatoms. The fourth-order valence-corrected chi connectivity index (χ4v) is 3.28. The lowest BCUT2D eigenvalue weighted by molar-refractivity contribution is -0.125. The van der Waals surface area contributed by atoms with Crippen molar-refractivity contribution in [2.24, 2.45) is 5.92 Å². The second-order valence-corrected chi connectivity index (χ2v) is 5.54. The summed E-state index contributed by atoms with van der Waals surface area (Å²) in [5.74, 6) is 1.12.